The van der Waals surface area contributed by atoms with Gasteiger partial charge in [0, 0.05) is 24.2 Å². The zero-order chi connectivity index (χ0) is 14.6. The van der Waals surface area contributed by atoms with E-state index in [9.17, 15) is 0 Å². The van der Waals surface area contributed by atoms with E-state index in [4.69, 9.17) is 0 Å². The van der Waals surface area contributed by atoms with Gasteiger partial charge in [-0.25, -0.2) is 15.0 Å². The number of aromatic nitrogens is 3. The van der Waals surface area contributed by atoms with Crippen molar-refractivity contribution in [2.45, 2.75) is 39.2 Å². The van der Waals surface area contributed by atoms with Crippen molar-refractivity contribution in [2.75, 3.05) is 17.7 Å². The van der Waals surface area contributed by atoms with Crippen LogP contribution in [0, 0.1) is 0 Å². The van der Waals surface area contributed by atoms with Crippen molar-refractivity contribution < 1.29 is 0 Å². The van der Waals surface area contributed by atoms with Crippen molar-refractivity contribution >= 4 is 23.0 Å². The fourth-order valence-electron chi connectivity index (χ4n) is 2.10. The standard InChI is InChI=1S/C14H21N5S/c1-5-6-10-11(15-4)17-9-18-12(10)19-14(2,3)13-16-7-8-20-13/h7-9H,5-6H2,1-4H3,(H2,15,17,18,19). The van der Waals surface area contributed by atoms with Gasteiger partial charge < -0.3 is 10.6 Å². The molecule has 0 aliphatic heterocycles. The van der Waals surface area contributed by atoms with Crippen LogP contribution in [-0.4, -0.2) is 22.0 Å². The van der Waals surface area contributed by atoms with Gasteiger partial charge in [-0.15, -0.1) is 11.3 Å². The lowest BCUT2D eigenvalue weighted by Gasteiger charge is -2.26. The molecule has 0 amide bonds. The number of rotatable bonds is 6. The lowest BCUT2D eigenvalue weighted by Crippen LogP contribution is -2.29. The van der Waals surface area contributed by atoms with Gasteiger partial charge in [0.15, 0.2) is 0 Å². The van der Waals surface area contributed by atoms with E-state index in [-0.39, 0.29) is 5.54 Å². The minimum Gasteiger partial charge on any atom is -0.373 e. The first kappa shape index (κ1) is 14.7. The molecule has 2 heterocycles. The SMILES string of the molecule is CCCc1c(NC)ncnc1NC(C)(C)c1nccs1. The second kappa shape index (κ2) is 6.17. The van der Waals surface area contributed by atoms with Crippen LogP contribution in [0.15, 0.2) is 17.9 Å². The average molecular weight is 291 g/mol. The molecule has 0 saturated carbocycles. The van der Waals surface area contributed by atoms with Crippen molar-refractivity contribution in [3.8, 4) is 0 Å². The van der Waals surface area contributed by atoms with Gasteiger partial charge in [0.25, 0.3) is 0 Å². The summed E-state index contributed by atoms with van der Waals surface area (Å²) in [6, 6.07) is 0. The van der Waals surface area contributed by atoms with Crippen molar-refractivity contribution in [1.82, 2.24) is 15.0 Å². The first-order chi connectivity index (χ1) is 9.58. The molecule has 2 rings (SSSR count). The average Bonchev–Trinajstić information content (AvgIpc) is 2.95. The van der Waals surface area contributed by atoms with Crippen LogP contribution in [0.25, 0.3) is 0 Å². The normalized spacial score (nSPS) is 11.4. The third kappa shape index (κ3) is 3.07. The van der Waals surface area contributed by atoms with Crippen LogP contribution < -0.4 is 10.6 Å². The van der Waals surface area contributed by atoms with E-state index in [1.54, 1.807) is 17.7 Å². The largest absolute Gasteiger partial charge is 0.373 e. The lowest BCUT2D eigenvalue weighted by atomic mass is 10.1. The summed E-state index contributed by atoms with van der Waals surface area (Å²) in [6.45, 7) is 6.38. The van der Waals surface area contributed by atoms with E-state index in [1.165, 1.54) is 0 Å². The van der Waals surface area contributed by atoms with Gasteiger partial charge in [-0.3, -0.25) is 0 Å². The second-order valence-electron chi connectivity index (χ2n) is 5.14. The van der Waals surface area contributed by atoms with Gasteiger partial charge in [0.05, 0.1) is 5.54 Å². The van der Waals surface area contributed by atoms with Crippen LogP contribution in [0.1, 0.15) is 37.8 Å². The Kier molecular flexibility index (Phi) is 4.54. The fraction of sp³-hybridized carbons (Fsp3) is 0.500. The van der Waals surface area contributed by atoms with Crippen LogP contribution in [0.2, 0.25) is 0 Å². The minimum absolute atomic E-state index is 0.254. The third-order valence-corrected chi connectivity index (χ3v) is 4.18. The smallest absolute Gasteiger partial charge is 0.135 e. The first-order valence-corrected chi connectivity index (χ1v) is 7.66. The molecule has 0 unspecified atom stereocenters. The highest BCUT2D eigenvalue weighted by Crippen LogP contribution is 2.30. The molecule has 0 radical (unpaired) electrons. The van der Waals surface area contributed by atoms with Gasteiger partial charge in [-0.1, -0.05) is 13.3 Å². The second-order valence-corrected chi connectivity index (χ2v) is 6.03. The van der Waals surface area contributed by atoms with Gasteiger partial charge in [-0.05, 0) is 20.3 Å². The van der Waals surface area contributed by atoms with E-state index in [0.29, 0.717) is 0 Å². The number of hydrogen-bond donors (Lipinski definition) is 2. The molecule has 0 atom stereocenters. The molecule has 0 saturated heterocycles. The summed E-state index contributed by atoms with van der Waals surface area (Å²) >= 11 is 1.65. The van der Waals surface area contributed by atoms with Gasteiger partial charge in [0.1, 0.15) is 23.0 Å². The lowest BCUT2D eigenvalue weighted by molar-refractivity contribution is 0.599. The fourth-order valence-corrected chi connectivity index (χ4v) is 2.82. The topological polar surface area (TPSA) is 62.7 Å². The number of nitrogens with one attached hydrogen (secondary N) is 2. The number of thiazole rings is 1. The number of hydrogen-bond acceptors (Lipinski definition) is 6. The minimum atomic E-state index is -0.254. The van der Waals surface area contributed by atoms with Crippen LogP contribution in [0.4, 0.5) is 11.6 Å². The predicted molar refractivity (Wildman–Crippen MR) is 84.3 cm³/mol. The Balaban J connectivity index is 2.33. The molecule has 6 heteroatoms. The maximum absolute atomic E-state index is 4.42. The molecule has 0 fully saturated rings. The Morgan fingerprint density at radius 2 is 1.95 bits per heavy atom. The van der Waals surface area contributed by atoms with Crippen LogP contribution in [0.3, 0.4) is 0 Å². The van der Waals surface area contributed by atoms with Crippen LogP contribution in [-0.2, 0) is 12.0 Å². The van der Waals surface area contributed by atoms with Crippen molar-refractivity contribution in [3.63, 3.8) is 0 Å². The predicted octanol–water partition coefficient (Wildman–Crippen LogP) is 3.27. The van der Waals surface area contributed by atoms with Crippen molar-refractivity contribution in [3.05, 3.63) is 28.5 Å². The monoisotopic (exact) mass is 291 g/mol. The van der Waals surface area contributed by atoms with Gasteiger partial charge >= 0.3 is 0 Å². The van der Waals surface area contributed by atoms with Crippen LogP contribution in [0.5, 0.6) is 0 Å². The molecule has 0 bridgehead atoms. The quantitative estimate of drug-likeness (QED) is 0.855. The maximum Gasteiger partial charge on any atom is 0.135 e. The Labute approximate surface area is 123 Å². The molecule has 2 aromatic heterocycles. The maximum atomic E-state index is 4.42. The molecular weight excluding hydrogens is 270 g/mol. The zero-order valence-corrected chi connectivity index (χ0v) is 13.2. The molecule has 0 spiro atoms. The Bertz CT molecular complexity index is 551. The Morgan fingerprint density at radius 3 is 2.55 bits per heavy atom. The van der Waals surface area contributed by atoms with Crippen molar-refractivity contribution in [1.29, 1.82) is 0 Å². The molecule has 20 heavy (non-hydrogen) atoms. The molecule has 0 aliphatic carbocycles. The zero-order valence-electron chi connectivity index (χ0n) is 12.4. The van der Waals surface area contributed by atoms with Crippen LogP contribution >= 0.6 is 11.3 Å². The Hall–Kier alpha value is -1.69. The number of nitrogens with zero attached hydrogens (tertiary/aromatic N) is 3. The summed E-state index contributed by atoms with van der Waals surface area (Å²) in [5.41, 5.74) is 0.873. The highest BCUT2D eigenvalue weighted by molar-refractivity contribution is 7.09. The molecule has 0 aliphatic rings. The third-order valence-electron chi connectivity index (χ3n) is 3.08. The van der Waals surface area contributed by atoms with E-state index in [1.807, 2.05) is 18.6 Å². The van der Waals surface area contributed by atoms with Crippen molar-refractivity contribution in [2.24, 2.45) is 0 Å². The van der Waals surface area contributed by atoms with E-state index in [2.05, 4.69) is 46.4 Å². The molecule has 108 valence electrons. The summed E-state index contributed by atoms with van der Waals surface area (Å²) in [5.74, 6) is 1.77. The first-order valence-electron chi connectivity index (χ1n) is 6.78. The molecular formula is C14H21N5S. The summed E-state index contributed by atoms with van der Waals surface area (Å²) in [4.78, 5) is 13.1. The van der Waals surface area contributed by atoms with Gasteiger partial charge in [-0.2, -0.15) is 0 Å². The highest BCUT2D eigenvalue weighted by atomic mass is 32.1. The summed E-state index contributed by atoms with van der Waals surface area (Å²) in [6.07, 6.45) is 5.41. The number of anilines is 2. The highest BCUT2D eigenvalue weighted by Gasteiger charge is 2.25. The molecule has 5 nitrogen and oxygen atoms in total. The van der Waals surface area contributed by atoms with E-state index < -0.39 is 0 Å². The molecule has 2 aromatic rings. The summed E-state index contributed by atoms with van der Waals surface area (Å²) in [5, 5.41) is 9.68. The van der Waals surface area contributed by atoms with E-state index in [0.717, 1.165) is 35.0 Å². The Morgan fingerprint density at radius 1 is 1.20 bits per heavy atom. The summed E-state index contributed by atoms with van der Waals surface area (Å²) < 4.78 is 0. The summed E-state index contributed by atoms with van der Waals surface area (Å²) in [7, 11) is 1.89. The van der Waals surface area contributed by atoms with E-state index >= 15 is 0 Å². The van der Waals surface area contributed by atoms with Gasteiger partial charge in [0.2, 0.25) is 0 Å². The molecule has 0 aromatic carbocycles. The molecule has 2 N–H and O–H groups in total.